The summed E-state index contributed by atoms with van der Waals surface area (Å²) in [6.07, 6.45) is -1.85. The molecule has 1 aromatic heterocycles. The zero-order valence-corrected chi connectivity index (χ0v) is 21.8. The second-order valence-electron chi connectivity index (χ2n) is 9.10. The molecule has 2 atom stereocenters. The zero-order valence-electron chi connectivity index (χ0n) is 21.0. The number of rotatable bonds is 9. The molecular formula is C27H26N4O7S. The van der Waals surface area contributed by atoms with Crippen molar-refractivity contribution in [1.82, 2.24) is 15.1 Å². The summed E-state index contributed by atoms with van der Waals surface area (Å²) in [4.78, 5) is 66.2. The van der Waals surface area contributed by atoms with E-state index in [2.05, 4.69) is 5.32 Å². The fraction of sp³-hybridized carbons (Fsp3) is 0.259. The molecular weight excluding hydrogens is 524 g/mol. The summed E-state index contributed by atoms with van der Waals surface area (Å²) in [5.74, 6) is -2.81. The predicted molar refractivity (Wildman–Crippen MR) is 142 cm³/mol. The summed E-state index contributed by atoms with van der Waals surface area (Å²) in [7, 11) is 0. The molecule has 0 radical (unpaired) electrons. The number of thiophene rings is 1. The average molecular weight is 551 g/mol. The van der Waals surface area contributed by atoms with Gasteiger partial charge in [0.05, 0.1) is 23.8 Å². The molecule has 1 aliphatic heterocycles. The zero-order chi connectivity index (χ0) is 28.1. The number of aryl methyl sites for hydroxylation is 1. The van der Waals surface area contributed by atoms with Crippen molar-refractivity contribution in [1.29, 1.82) is 0 Å². The number of hydrogen-bond donors (Lipinski definition) is 2. The van der Waals surface area contributed by atoms with Crippen LogP contribution < -0.4 is 5.32 Å². The summed E-state index contributed by atoms with van der Waals surface area (Å²) in [5.41, 5.74) is 1.15. The van der Waals surface area contributed by atoms with E-state index in [1.165, 1.54) is 45.4 Å². The van der Waals surface area contributed by atoms with E-state index >= 15 is 0 Å². The van der Waals surface area contributed by atoms with Gasteiger partial charge in [0.15, 0.2) is 6.17 Å². The van der Waals surface area contributed by atoms with Crippen LogP contribution in [0.3, 0.4) is 0 Å². The van der Waals surface area contributed by atoms with Gasteiger partial charge in [-0.3, -0.25) is 29.3 Å². The fourth-order valence-corrected chi connectivity index (χ4v) is 5.22. The first-order chi connectivity index (χ1) is 18.6. The number of non-ortho nitro benzene ring substituents is 1. The smallest absolute Gasteiger partial charge is 0.305 e. The molecule has 0 saturated carbocycles. The van der Waals surface area contributed by atoms with Crippen LogP contribution in [-0.4, -0.2) is 62.8 Å². The van der Waals surface area contributed by atoms with Crippen LogP contribution in [0.25, 0.3) is 0 Å². The molecule has 11 nitrogen and oxygen atoms in total. The van der Waals surface area contributed by atoms with E-state index in [9.17, 15) is 34.4 Å². The lowest BCUT2D eigenvalue weighted by Crippen LogP contribution is -2.54. The highest BCUT2D eigenvalue weighted by Gasteiger charge is 2.43. The van der Waals surface area contributed by atoms with Crippen molar-refractivity contribution in [3.05, 3.63) is 97.7 Å². The molecule has 0 bridgehead atoms. The van der Waals surface area contributed by atoms with Crippen LogP contribution >= 0.6 is 11.3 Å². The number of aliphatic carboxylic acids is 1. The minimum absolute atomic E-state index is 0.0390. The number of carbonyl (C=O) groups is 4. The van der Waals surface area contributed by atoms with Crippen molar-refractivity contribution in [3.8, 4) is 0 Å². The van der Waals surface area contributed by atoms with Crippen molar-refractivity contribution >= 4 is 40.7 Å². The lowest BCUT2D eigenvalue weighted by Gasteiger charge is -2.31. The van der Waals surface area contributed by atoms with Crippen molar-refractivity contribution in [2.24, 2.45) is 0 Å². The third-order valence-corrected chi connectivity index (χ3v) is 7.21. The van der Waals surface area contributed by atoms with Gasteiger partial charge in [0, 0.05) is 35.7 Å². The maximum Gasteiger partial charge on any atom is 0.305 e. The SMILES string of the molecule is Cc1cccc(C(=O)N2CCN(C(=O)Cc3cccs3)C2C(=O)NC(CC(=O)O)c2cccc([N+](=O)[O-])c2)c1. The Labute approximate surface area is 227 Å². The quantitative estimate of drug-likeness (QED) is 0.307. The third-order valence-electron chi connectivity index (χ3n) is 6.34. The van der Waals surface area contributed by atoms with E-state index in [1.54, 1.807) is 24.3 Å². The number of hydrogen-bond acceptors (Lipinski definition) is 7. The molecule has 3 aromatic rings. The minimum atomic E-state index is -1.33. The first kappa shape index (κ1) is 27.5. The number of nitrogens with zero attached hydrogens (tertiary/aromatic N) is 3. The second-order valence-corrected chi connectivity index (χ2v) is 10.1. The molecule has 1 fully saturated rings. The Balaban J connectivity index is 1.66. The summed E-state index contributed by atoms with van der Waals surface area (Å²) in [6.45, 7) is 2.04. The van der Waals surface area contributed by atoms with E-state index in [-0.39, 0.29) is 36.7 Å². The Hall–Kier alpha value is -4.58. The Kier molecular flexibility index (Phi) is 8.35. The average Bonchev–Trinajstić information content (AvgIpc) is 3.58. The van der Waals surface area contributed by atoms with Crippen LogP contribution in [0.1, 0.15) is 38.8 Å². The number of amides is 3. The molecule has 0 spiro atoms. The van der Waals surface area contributed by atoms with E-state index in [4.69, 9.17) is 0 Å². The van der Waals surface area contributed by atoms with E-state index < -0.39 is 41.3 Å². The van der Waals surface area contributed by atoms with Crippen molar-refractivity contribution in [2.45, 2.75) is 32.0 Å². The largest absolute Gasteiger partial charge is 0.481 e. The summed E-state index contributed by atoms with van der Waals surface area (Å²) in [5, 5.41) is 25.2. The van der Waals surface area contributed by atoms with Gasteiger partial charge in [-0.05, 0) is 36.1 Å². The van der Waals surface area contributed by atoms with Gasteiger partial charge in [-0.2, -0.15) is 0 Å². The Morgan fingerprint density at radius 3 is 2.49 bits per heavy atom. The van der Waals surface area contributed by atoms with Crippen molar-refractivity contribution in [2.75, 3.05) is 13.1 Å². The molecule has 2 heterocycles. The van der Waals surface area contributed by atoms with Crippen LogP contribution in [-0.2, 0) is 20.8 Å². The normalized spacial score (nSPS) is 15.6. The van der Waals surface area contributed by atoms with E-state index in [0.29, 0.717) is 5.56 Å². The summed E-state index contributed by atoms with van der Waals surface area (Å²) >= 11 is 1.39. The monoisotopic (exact) mass is 550 g/mol. The first-order valence-electron chi connectivity index (χ1n) is 12.1. The van der Waals surface area contributed by atoms with Crippen molar-refractivity contribution < 1.29 is 29.2 Å². The summed E-state index contributed by atoms with van der Waals surface area (Å²) < 4.78 is 0. The molecule has 1 aliphatic rings. The number of carboxylic acids is 1. The Morgan fingerprint density at radius 2 is 1.82 bits per heavy atom. The Bertz CT molecular complexity index is 1410. The van der Waals surface area contributed by atoms with Crippen molar-refractivity contribution in [3.63, 3.8) is 0 Å². The molecule has 4 rings (SSSR count). The summed E-state index contributed by atoms with van der Waals surface area (Å²) in [6, 6.07) is 14.7. The van der Waals surface area contributed by atoms with Crippen LogP contribution in [0.15, 0.2) is 66.0 Å². The second kappa shape index (κ2) is 11.9. The highest BCUT2D eigenvalue weighted by atomic mass is 32.1. The molecule has 0 aliphatic carbocycles. The minimum Gasteiger partial charge on any atom is -0.481 e. The molecule has 12 heteroatoms. The van der Waals surface area contributed by atoms with Gasteiger partial charge in [-0.1, -0.05) is 35.9 Å². The van der Waals surface area contributed by atoms with Crippen LogP contribution in [0.4, 0.5) is 5.69 Å². The first-order valence-corrected chi connectivity index (χ1v) is 13.0. The molecule has 39 heavy (non-hydrogen) atoms. The number of nitro groups is 1. The fourth-order valence-electron chi connectivity index (χ4n) is 4.52. The lowest BCUT2D eigenvalue weighted by molar-refractivity contribution is -0.384. The highest BCUT2D eigenvalue weighted by molar-refractivity contribution is 7.10. The van der Waals surface area contributed by atoms with Gasteiger partial charge < -0.3 is 20.2 Å². The number of carboxylic acid groups (broad SMARTS) is 1. The topological polar surface area (TPSA) is 150 Å². The van der Waals surface area contributed by atoms with Gasteiger partial charge in [0.1, 0.15) is 0 Å². The number of nitro benzene ring substituents is 1. The third kappa shape index (κ3) is 6.47. The van der Waals surface area contributed by atoms with Gasteiger partial charge in [0.2, 0.25) is 5.91 Å². The van der Waals surface area contributed by atoms with Gasteiger partial charge >= 0.3 is 5.97 Å². The van der Waals surface area contributed by atoms with Gasteiger partial charge in [-0.25, -0.2) is 0 Å². The number of carbonyl (C=O) groups excluding carboxylic acids is 3. The van der Waals surface area contributed by atoms with Gasteiger partial charge in [0.25, 0.3) is 17.5 Å². The highest BCUT2D eigenvalue weighted by Crippen LogP contribution is 2.25. The standard InChI is InChI=1S/C27H26N4O7S/c1-17-5-2-7-19(13-17)27(36)30-11-10-29(23(32)15-21-9-4-12-39-21)26(30)25(35)28-22(16-24(33)34)18-6-3-8-20(14-18)31(37)38/h2-9,12-14,22,26H,10-11,15-16H2,1H3,(H,28,35)(H,33,34). The molecule has 2 unspecified atom stereocenters. The van der Waals surface area contributed by atoms with Gasteiger partial charge in [-0.15, -0.1) is 11.3 Å². The van der Waals surface area contributed by atoms with Crippen LogP contribution in [0.5, 0.6) is 0 Å². The van der Waals surface area contributed by atoms with E-state index in [0.717, 1.165) is 10.4 Å². The predicted octanol–water partition coefficient (Wildman–Crippen LogP) is 3.15. The molecule has 2 N–H and O–H groups in total. The van der Waals surface area contributed by atoms with Crippen LogP contribution in [0.2, 0.25) is 0 Å². The molecule has 202 valence electrons. The van der Waals surface area contributed by atoms with Crippen LogP contribution in [0, 0.1) is 17.0 Å². The molecule has 3 amide bonds. The maximum absolute atomic E-state index is 13.7. The molecule has 1 saturated heterocycles. The maximum atomic E-state index is 13.7. The van der Waals surface area contributed by atoms with E-state index in [1.807, 2.05) is 24.4 Å². The Morgan fingerprint density at radius 1 is 1.08 bits per heavy atom. The molecule has 2 aromatic carbocycles. The number of nitrogens with one attached hydrogen (secondary N) is 1. The number of benzene rings is 2. The lowest BCUT2D eigenvalue weighted by atomic mass is 10.0.